The van der Waals surface area contributed by atoms with Crippen LogP contribution in [-0.4, -0.2) is 24.9 Å². The molecule has 27 heavy (non-hydrogen) atoms. The molecule has 142 valence electrons. The average molecular weight is 406 g/mol. The second-order valence-electron chi connectivity index (χ2n) is 6.34. The Balaban J connectivity index is 1.98. The SMILES string of the molecule is CC(C)NC(=O)c1ccccc1NS(=O)(=O)c1ccc2c(c1)sc(=O)n2C. The standard InChI is InChI=1S/C18H19N3O4S2/c1-11(2)19-17(22)13-6-4-5-7-14(13)20-27(24,25)12-8-9-15-16(10-12)26-18(23)21(15)3/h4-11,20H,1-3H3,(H,19,22). The first-order valence-electron chi connectivity index (χ1n) is 8.21. The molecule has 1 heterocycles. The van der Waals surface area contributed by atoms with Gasteiger partial charge in [0.25, 0.3) is 15.9 Å². The lowest BCUT2D eigenvalue weighted by Crippen LogP contribution is -2.31. The van der Waals surface area contributed by atoms with Crippen molar-refractivity contribution in [3.63, 3.8) is 0 Å². The third-order valence-electron chi connectivity index (χ3n) is 3.91. The topological polar surface area (TPSA) is 97.3 Å². The number of thiazole rings is 1. The maximum Gasteiger partial charge on any atom is 0.307 e. The van der Waals surface area contributed by atoms with Gasteiger partial charge in [-0.1, -0.05) is 23.5 Å². The molecule has 0 aliphatic carbocycles. The van der Waals surface area contributed by atoms with E-state index in [9.17, 15) is 18.0 Å². The van der Waals surface area contributed by atoms with Gasteiger partial charge in [0, 0.05) is 13.1 Å². The number of amides is 1. The molecule has 0 saturated heterocycles. The Labute approximate surface area is 160 Å². The Morgan fingerprint density at radius 2 is 1.85 bits per heavy atom. The van der Waals surface area contributed by atoms with Crippen LogP contribution in [0.5, 0.6) is 0 Å². The molecule has 0 fully saturated rings. The van der Waals surface area contributed by atoms with Gasteiger partial charge in [-0.25, -0.2) is 8.42 Å². The van der Waals surface area contributed by atoms with Gasteiger partial charge in [0.1, 0.15) is 0 Å². The summed E-state index contributed by atoms with van der Waals surface area (Å²) in [6, 6.07) is 10.8. The van der Waals surface area contributed by atoms with Gasteiger partial charge in [-0.05, 0) is 44.2 Å². The fourth-order valence-corrected chi connectivity index (χ4v) is 4.69. The Bertz CT molecular complexity index is 1180. The zero-order valence-electron chi connectivity index (χ0n) is 15.0. The van der Waals surface area contributed by atoms with Gasteiger partial charge in [0.15, 0.2) is 0 Å². The van der Waals surface area contributed by atoms with E-state index in [1.807, 2.05) is 13.8 Å². The van der Waals surface area contributed by atoms with Crippen LogP contribution >= 0.6 is 11.3 Å². The van der Waals surface area contributed by atoms with Gasteiger partial charge < -0.3 is 9.88 Å². The highest BCUT2D eigenvalue weighted by Gasteiger charge is 2.20. The number of hydrogen-bond acceptors (Lipinski definition) is 5. The first-order chi connectivity index (χ1) is 12.7. The molecular formula is C18H19N3O4S2. The summed E-state index contributed by atoms with van der Waals surface area (Å²) >= 11 is 0.981. The van der Waals surface area contributed by atoms with Crippen LogP contribution in [0.25, 0.3) is 10.2 Å². The summed E-state index contributed by atoms with van der Waals surface area (Å²) in [5.74, 6) is -0.361. The maximum atomic E-state index is 12.8. The first kappa shape index (κ1) is 19.1. The fraction of sp³-hybridized carbons (Fsp3) is 0.222. The number of carbonyl (C=O) groups is 1. The van der Waals surface area contributed by atoms with Crippen LogP contribution < -0.4 is 14.9 Å². The lowest BCUT2D eigenvalue weighted by Gasteiger charge is -2.14. The van der Waals surface area contributed by atoms with Gasteiger partial charge in [-0.2, -0.15) is 0 Å². The molecule has 0 aliphatic rings. The molecule has 3 aromatic rings. The van der Waals surface area contributed by atoms with E-state index in [1.165, 1.54) is 22.8 Å². The Morgan fingerprint density at radius 3 is 2.56 bits per heavy atom. The smallest absolute Gasteiger partial charge is 0.307 e. The van der Waals surface area contributed by atoms with Crippen LogP contribution in [-0.2, 0) is 17.1 Å². The van der Waals surface area contributed by atoms with E-state index in [0.29, 0.717) is 10.2 Å². The van der Waals surface area contributed by atoms with E-state index in [4.69, 9.17) is 0 Å². The normalized spacial score (nSPS) is 11.7. The molecule has 7 nitrogen and oxygen atoms in total. The summed E-state index contributed by atoms with van der Waals surface area (Å²) in [5, 5.41) is 2.75. The van der Waals surface area contributed by atoms with E-state index >= 15 is 0 Å². The number of rotatable bonds is 5. The number of aromatic nitrogens is 1. The lowest BCUT2D eigenvalue weighted by atomic mass is 10.1. The molecule has 0 saturated carbocycles. The maximum absolute atomic E-state index is 12.8. The number of sulfonamides is 1. The summed E-state index contributed by atoms with van der Waals surface area (Å²) in [7, 11) is -2.29. The average Bonchev–Trinajstić information content (AvgIpc) is 2.88. The first-order valence-corrected chi connectivity index (χ1v) is 10.5. The summed E-state index contributed by atoms with van der Waals surface area (Å²) in [6.07, 6.45) is 0. The minimum absolute atomic E-state index is 0.0240. The van der Waals surface area contributed by atoms with Crippen LogP contribution in [0.15, 0.2) is 52.2 Å². The molecule has 0 radical (unpaired) electrons. The molecule has 2 aromatic carbocycles. The number of para-hydroxylation sites is 1. The molecule has 0 aliphatic heterocycles. The molecule has 9 heteroatoms. The van der Waals surface area contributed by atoms with Crippen molar-refractivity contribution < 1.29 is 13.2 Å². The van der Waals surface area contributed by atoms with Crippen LogP contribution in [0.2, 0.25) is 0 Å². The molecule has 0 unspecified atom stereocenters. The Morgan fingerprint density at radius 1 is 1.15 bits per heavy atom. The monoisotopic (exact) mass is 405 g/mol. The molecule has 3 rings (SSSR count). The highest BCUT2D eigenvalue weighted by Crippen LogP contribution is 2.24. The number of nitrogens with one attached hydrogen (secondary N) is 2. The summed E-state index contributed by atoms with van der Waals surface area (Å²) < 4.78 is 30.1. The van der Waals surface area contributed by atoms with E-state index in [-0.39, 0.29) is 33.0 Å². The number of aryl methyl sites for hydroxylation is 1. The molecule has 2 N–H and O–H groups in total. The Kier molecular flexibility index (Phi) is 5.07. The molecule has 0 bridgehead atoms. The summed E-state index contributed by atoms with van der Waals surface area (Å²) in [4.78, 5) is 24.0. The predicted octanol–water partition coefficient (Wildman–Crippen LogP) is 2.54. The second kappa shape index (κ2) is 7.16. The van der Waals surface area contributed by atoms with Crippen molar-refractivity contribution in [2.75, 3.05) is 4.72 Å². The quantitative estimate of drug-likeness (QED) is 0.682. The number of nitrogens with zero attached hydrogens (tertiary/aromatic N) is 1. The van der Waals surface area contributed by atoms with Crippen LogP contribution in [0.4, 0.5) is 5.69 Å². The number of benzene rings is 2. The van der Waals surface area contributed by atoms with E-state index < -0.39 is 10.0 Å². The highest BCUT2D eigenvalue weighted by molar-refractivity contribution is 7.92. The van der Waals surface area contributed by atoms with Gasteiger partial charge in [-0.15, -0.1) is 0 Å². The number of carbonyl (C=O) groups excluding carboxylic acids is 1. The van der Waals surface area contributed by atoms with Crippen molar-refractivity contribution in [1.29, 1.82) is 0 Å². The van der Waals surface area contributed by atoms with Gasteiger partial charge in [0.05, 0.1) is 26.4 Å². The minimum atomic E-state index is -3.93. The highest BCUT2D eigenvalue weighted by atomic mass is 32.2. The van der Waals surface area contributed by atoms with E-state index in [2.05, 4.69) is 10.0 Å². The Hall–Kier alpha value is -2.65. The largest absolute Gasteiger partial charge is 0.350 e. The van der Waals surface area contributed by atoms with Crippen molar-refractivity contribution in [2.45, 2.75) is 24.8 Å². The van der Waals surface area contributed by atoms with Crippen molar-refractivity contribution in [3.05, 3.63) is 57.7 Å². The van der Waals surface area contributed by atoms with Crippen molar-refractivity contribution in [2.24, 2.45) is 7.05 Å². The summed E-state index contributed by atoms with van der Waals surface area (Å²) in [6.45, 7) is 3.65. The molecule has 1 amide bonds. The molecule has 1 aromatic heterocycles. The zero-order chi connectivity index (χ0) is 19.8. The number of hydrogen-bond donors (Lipinski definition) is 2. The molecular weight excluding hydrogens is 386 g/mol. The summed E-state index contributed by atoms with van der Waals surface area (Å²) in [5.41, 5.74) is 1.10. The third kappa shape index (κ3) is 3.88. The molecule has 0 atom stereocenters. The lowest BCUT2D eigenvalue weighted by molar-refractivity contribution is 0.0944. The van der Waals surface area contributed by atoms with Gasteiger partial charge in [-0.3, -0.25) is 14.3 Å². The fourth-order valence-electron chi connectivity index (χ4n) is 2.60. The van der Waals surface area contributed by atoms with E-state index in [0.717, 1.165) is 11.3 Å². The van der Waals surface area contributed by atoms with Crippen LogP contribution in [0.3, 0.4) is 0 Å². The van der Waals surface area contributed by atoms with Crippen molar-refractivity contribution >= 4 is 43.2 Å². The number of anilines is 1. The minimum Gasteiger partial charge on any atom is -0.350 e. The predicted molar refractivity (Wildman–Crippen MR) is 107 cm³/mol. The second-order valence-corrected chi connectivity index (χ2v) is 9.01. The van der Waals surface area contributed by atoms with Crippen molar-refractivity contribution in [1.82, 2.24) is 9.88 Å². The third-order valence-corrected chi connectivity index (χ3v) is 6.27. The van der Waals surface area contributed by atoms with Crippen LogP contribution in [0.1, 0.15) is 24.2 Å². The molecule has 0 spiro atoms. The van der Waals surface area contributed by atoms with Gasteiger partial charge in [0.2, 0.25) is 0 Å². The zero-order valence-corrected chi connectivity index (χ0v) is 16.6. The van der Waals surface area contributed by atoms with E-state index in [1.54, 1.807) is 31.3 Å². The van der Waals surface area contributed by atoms with Crippen LogP contribution in [0, 0.1) is 0 Å². The van der Waals surface area contributed by atoms with Gasteiger partial charge >= 0.3 is 4.87 Å². The van der Waals surface area contributed by atoms with Crippen molar-refractivity contribution in [3.8, 4) is 0 Å². The number of fused-ring (bicyclic) bond motifs is 1.